The molecule has 8 nitrogen and oxygen atoms in total. The second kappa shape index (κ2) is 8.97. The van der Waals surface area contributed by atoms with Crippen molar-refractivity contribution in [3.05, 3.63) is 21.6 Å². The molecule has 0 saturated carbocycles. The lowest BCUT2D eigenvalue weighted by Crippen LogP contribution is -2.27. The normalized spacial score (nSPS) is 16.2. The molecule has 1 aliphatic heterocycles. The Bertz CT molecular complexity index is 683. The molecule has 1 N–H and O–H groups in total. The van der Waals surface area contributed by atoms with E-state index < -0.39 is 5.97 Å². The molecule has 1 saturated heterocycles. The second-order valence-corrected chi connectivity index (χ2v) is 6.94. The van der Waals surface area contributed by atoms with Gasteiger partial charge in [-0.3, -0.25) is 9.36 Å². The van der Waals surface area contributed by atoms with Crippen LogP contribution in [-0.4, -0.2) is 56.2 Å². The third kappa shape index (κ3) is 4.67. The maximum atomic E-state index is 12.0. The first kappa shape index (κ1) is 18.7. The number of carbonyl (C=O) groups excluding carboxylic acids is 2. The molecule has 2 heterocycles. The topological polar surface area (TPSA) is 97.3 Å². The van der Waals surface area contributed by atoms with E-state index in [1.807, 2.05) is 6.92 Å². The highest BCUT2D eigenvalue weighted by molar-refractivity contribution is 8.04. The van der Waals surface area contributed by atoms with Crippen molar-refractivity contribution in [3.8, 4) is 0 Å². The number of amides is 1. The number of hydrogen-bond donors (Lipinski definition) is 1. The zero-order valence-corrected chi connectivity index (χ0v) is 15.2. The van der Waals surface area contributed by atoms with E-state index in [4.69, 9.17) is 4.74 Å². The van der Waals surface area contributed by atoms with Crippen LogP contribution >= 0.6 is 23.5 Å². The number of H-pyrrole nitrogens is 1. The van der Waals surface area contributed by atoms with Crippen LogP contribution in [0.1, 0.15) is 20.3 Å². The molecule has 0 atom stereocenters. The van der Waals surface area contributed by atoms with Crippen molar-refractivity contribution >= 4 is 35.4 Å². The quantitative estimate of drug-likeness (QED) is 0.414. The number of nitrogens with one attached hydrogen (secondary N) is 1. The van der Waals surface area contributed by atoms with Gasteiger partial charge in [0.05, 0.1) is 23.5 Å². The van der Waals surface area contributed by atoms with Crippen molar-refractivity contribution < 1.29 is 14.3 Å². The zero-order chi connectivity index (χ0) is 17.5. The highest BCUT2D eigenvalue weighted by Crippen LogP contribution is 2.29. The third-order valence-corrected chi connectivity index (χ3v) is 5.14. The van der Waals surface area contributed by atoms with E-state index in [2.05, 4.69) is 10.2 Å². The maximum absolute atomic E-state index is 12.0. The number of ether oxygens (including phenoxy) is 1. The number of nitrogens with zero attached hydrogens (tertiary/aromatic N) is 3. The van der Waals surface area contributed by atoms with Crippen molar-refractivity contribution in [1.82, 2.24) is 19.7 Å². The summed E-state index contributed by atoms with van der Waals surface area (Å²) in [6.07, 6.45) is 2.19. The molecule has 10 heteroatoms. The van der Waals surface area contributed by atoms with E-state index in [1.165, 1.54) is 29.6 Å². The number of rotatable bonds is 8. The van der Waals surface area contributed by atoms with Crippen LogP contribution in [0.15, 0.2) is 21.1 Å². The fourth-order valence-corrected chi connectivity index (χ4v) is 3.97. The SMILES string of the molecule is CCCn1c(SCCN2C(=O)CS/C2=C\C(=O)OCC)n[nH]c1=O. The van der Waals surface area contributed by atoms with Crippen molar-refractivity contribution in [2.45, 2.75) is 32.0 Å². The summed E-state index contributed by atoms with van der Waals surface area (Å²) in [4.78, 5) is 36.7. The molecule has 0 aromatic carbocycles. The van der Waals surface area contributed by atoms with E-state index >= 15 is 0 Å². The Hall–Kier alpha value is -1.68. The lowest BCUT2D eigenvalue weighted by Gasteiger charge is -2.16. The summed E-state index contributed by atoms with van der Waals surface area (Å²) in [5.74, 6) is 0.403. The molecule has 1 aliphatic rings. The summed E-state index contributed by atoms with van der Waals surface area (Å²) in [5.41, 5.74) is -0.227. The first-order chi connectivity index (χ1) is 11.6. The number of hydrogen-bond acceptors (Lipinski definition) is 7. The largest absolute Gasteiger partial charge is 0.463 e. The molecule has 0 spiro atoms. The molecule has 24 heavy (non-hydrogen) atoms. The van der Waals surface area contributed by atoms with Crippen LogP contribution in [0.5, 0.6) is 0 Å². The first-order valence-electron chi connectivity index (χ1n) is 7.66. The Kier molecular flexibility index (Phi) is 6.98. The van der Waals surface area contributed by atoms with E-state index in [-0.39, 0.29) is 11.6 Å². The first-order valence-corrected chi connectivity index (χ1v) is 9.63. The van der Waals surface area contributed by atoms with E-state index in [0.717, 1.165) is 6.42 Å². The number of carbonyl (C=O) groups is 2. The van der Waals surface area contributed by atoms with Crippen LogP contribution in [0.2, 0.25) is 0 Å². The van der Waals surface area contributed by atoms with Gasteiger partial charge >= 0.3 is 11.7 Å². The summed E-state index contributed by atoms with van der Waals surface area (Å²) in [6, 6.07) is 0. The predicted octanol–water partition coefficient (Wildman–Crippen LogP) is 1.05. The zero-order valence-electron chi connectivity index (χ0n) is 13.6. The van der Waals surface area contributed by atoms with Crippen molar-refractivity contribution in [2.75, 3.05) is 24.7 Å². The molecule has 132 valence electrons. The highest BCUT2D eigenvalue weighted by Gasteiger charge is 2.27. The van der Waals surface area contributed by atoms with E-state index in [0.29, 0.717) is 41.4 Å². The van der Waals surface area contributed by atoms with Gasteiger partial charge in [-0.2, -0.15) is 0 Å². The van der Waals surface area contributed by atoms with Gasteiger partial charge in [-0.25, -0.2) is 14.7 Å². The molecule has 1 amide bonds. The highest BCUT2D eigenvalue weighted by atomic mass is 32.2. The lowest BCUT2D eigenvalue weighted by atomic mass is 10.5. The molecule has 0 radical (unpaired) electrons. The van der Waals surface area contributed by atoms with Gasteiger partial charge in [0.15, 0.2) is 5.16 Å². The third-order valence-electron chi connectivity index (χ3n) is 3.16. The summed E-state index contributed by atoms with van der Waals surface area (Å²) in [6.45, 7) is 5.06. The van der Waals surface area contributed by atoms with Gasteiger partial charge in [-0.1, -0.05) is 30.4 Å². The van der Waals surface area contributed by atoms with Crippen LogP contribution in [0.25, 0.3) is 0 Å². The Morgan fingerprint density at radius 1 is 1.42 bits per heavy atom. The molecular weight excluding hydrogens is 352 g/mol. The Balaban J connectivity index is 1.96. The van der Waals surface area contributed by atoms with Crippen LogP contribution in [0, 0.1) is 0 Å². The van der Waals surface area contributed by atoms with Gasteiger partial charge in [-0.15, -0.1) is 5.10 Å². The molecule has 2 rings (SSSR count). The minimum atomic E-state index is -0.448. The summed E-state index contributed by atoms with van der Waals surface area (Å²) in [7, 11) is 0. The standard InChI is InChI=1S/C14H20N4O4S2/c1-3-5-18-13(21)15-16-14(18)23-7-6-17-10(19)9-24-11(17)8-12(20)22-4-2/h8H,3-7,9H2,1-2H3,(H,15,21)/b11-8-. The maximum Gasteiger partial charge on any atom is 0.343 e. The van der Waals surface area contributed by atoms with Gasteiger partial charge in [0.1, 0.15) is 0 Å². The molecule has 0 bridgehead atoms. The average molecular weight is 372 g/mol. The number of thioether (sulfide) groups is 2. The van der Waals surface area contributed by atoms with Gasteiger partial charge in [0, 0.05) is 18.8 Å². The molecule has 1 fully saturated rings. The molecule has 0 aliphatic carbocycles. The smallest absolute Gasteiger partial charge is 0.343 e. The van der Waals surface area contributed by atoms with Gasteiger partial charge in [0.2, 0.25) is 5.91 Å². The predicted molar refractivity (Wildman–Crippen MR) is 92.7 cm³/mol. The minimum Gasteiger partial charge on any atom is -0.463 e. The van der Waals surface area contributed by atoms with Crippen LogP contribution in [-0.2, 0) is 20.9 Å². The summed E-state index contributed by atoms with van der Waals surface area (Å²) in [5, 5.41) is 7.65. The number of aromatic amines is 1. The van der Waals surface area contributed by atoms with Crippen LogP contribution in [0.4, 0.5) is 0 Å². The monoisotopic (exact) mass is 372 g/mol. The van der Waals surface area contributed by atoms with Crippen LogP contribution in [0.3, 0.4) is 0 Å². The molecule has 1 aromatic heterocycles. The Morgan fingerprint density at radius 2 is 2.21 bits per heavy atom. The minimum absolute atomic E-state index is 0.0378. The van der Waals surface area contributed by atoms with Gasteiger partial charge in [-0.05, 0) is 13.3 Å². The van der Waals surface area contributed by atoms with E-state index in [9.17, 15) is 14.4 Å². The van der Waals surface area contributed by atoms with Gasteiger partial charge in [0.25, 0.3) is 0 Å². The molecule has 0 unspecified atom stereocenters. The average Bonchev–Trinajstić information content (AvgIpc) is 3.06. The summed E-state index contributed by atoms with van der Waals surface area (Å²) >= 11 is 2.73. The lowest BCUT2D eigenvalue weighted by molar-refractivity contribution is -0.137. The van der Waals surface area contributed by atoms with Crippen molar-refractivity contribution in [2.24, 2.45) is 0 Å². The Morgan fingerprint density at radius 3 is 2.92 bits per heavy atom. The van der Waals surface area contributed by atoms with Crippen molar-refractivity contribution in [3.63, 3.8) is 0 Å². The van der Waals surface area contributed by atoms with E-state index in [1.54, 1.807) is 16.4 Å². The fourth-order valence-electron chi connectivity index (χ4n) is 2.12. The summed E-state index contributed by atoms with van der Waals surface area (Å²) < 4.78 is 6.47. The van der Waals surface area contributed by atoms with Gasteiger partial charge < -0.3 is 9.64 Å². The fraction of sp³-hybridized carbons (Fsp3) is 0.571. The Labute approximate surface area is 148 Å². The van der Waals surface area contributed by atoms with Crippen LogP contribution < -0.4 is 5.69 Å². The number of aromatic nitrogens is 3. The second-order valence-electron chi connectivity index (χ2n) is 4.88. The number of esters is 1. The molecular formula is C14H20N4O4S2. The molecule has 1 aromatic rings. The van der Waals surface area contributed by atoms with Crippen molar-refractivity contribution in [1.29, 1.82) is 0 Å².